The van der Waals surface area contributed by atoms with Crippen molar-refractivity contribution in [3.63, 3.8) is 0 Å². The number of aliphatic hydroxyl groups excluding tert-OH is 2. The van der Waals surface area contributed by atoms with Crippen molar-refractivity contribution in [1.29, 1.82) is 0 Å². The van der Waals surface area contributed by atoms with Crippen molar-refractivity contribution in [2.24, 2.45) is 0 Å². The zero-order chi connectivity index (χ0) is 15.1. The summed E-state index contributed by atoms with van der Waals surface area (Å²) in [5.74, 6) is 0. The summed E-state index contributed by atoms with van der Waals surface area (Å²) in [6, 6.07) is 13.4. The molecule has 0 aliphatic heterocycles. The zero-order valence-corrected chi connectivity index (χ0v) is 12.4. The van der Waals surface area contributed by atoms with Crippen molar-refractivity contribution in [3.8, 4) is 0 Å². The van der Waals surface area contributed by atoms with Gasteiger partial charge in [0.2, 0.25) is 0 Å². The number of nitrogens with zero attached hydrogens (tertiary/aromatic N) is 2. The van der Waals surface area contributed by atoms with E-state index in [-0.39, 0.29) is 6.61 Å². The van der Waals surface area contributed by atoms with Crippen molar-refractivity contribution in [2.45, 2.75) is 12.6 Å². The second-order valence-electron chi connectivity index (χ2n) is 4.86. The average molecular weight is 307 g/mol. The highest BCUT2D eigenvalue weighted by Crippen LogP contribution is 2.15. The molecule has 1 atom stereocenters. The Balaban J connectivity index is 2.00. The smallest absolute Gasteiger partial charge is 0.109 e. The van der Waals surface area contributed by atoms with Crippen LogP contribution in [0.25, 0.3) is 0 Å². The first-order valence-corrected chi connectivity index (χ1v) is 7.23. The Morgan fingerprint density at radius 3 is 2.52 bits per heavy atom. The molecule has 0 saturated carbocycles. The number of benzene rings is 1. The number of halogens is 1. The van der Waals surface area contributed by atoms with E-state index >= 15 is 0 Å². The van der Waals surface area contributed by atoms with Crippen LogP contribution < -0.4 is 0 Å². The summed E-state index contributed by atoms with van der Waals surface area (Å²) in [6.07, 6.45) is 0.811. The van der Waals surface area contributed by atoms with Crippen molar-refractivity contribution in [2.75, 3.05) is 19.7 Å². The second kappa shape index (κ2) is 8.10. The molecule has 5 heteroatoms. The lowest BCUT2D eigenvalue weighted by Crippen LogP contribution is -2.31. The first-order chi connectivity index (χ1) is 10.2. The molecule has 1 aromatic carbocycles. The predicted molar refractivity (Wildman–Crippen MR) is 83.0 cm³/mol. The van der Waals surface area contributed by atoms with E-state index in [0.29, 0.717) is 30.4 Å². The molecule has 0 bridgehead atoms. The van der Waals surface area contributed by atoms with Gasteiger partial charge in [-0.15, -0.1) is 0 Å². The molecule has 21 heavy (non-hydrogen) atoms. The number of rotatable bonds is 7. The first kappa shape index (κ1) is 15.9. The summed E-state index contributed by atoms with van der Waals surface area (Å²) in [5.41, 5.74) is 1.72. The van der Waals surface area contributed by atoms with Gasteiger partial charge in [-0.05, 0) is 17.7 Å². The molecule has 0 spiro atoms. The molecule has 2 rings (SSSR count). The molecule has 0 amide bonds. The lowest BCUT2D eigenvalue weighted by atomic mass is 10.1. The average Bonchev–Trinajstić information content (AvgIpc) is 2.49. The van der Waals surface area contributed by atoms with Crippen molar-refractivity contribution in [1.82, 2.24) is 9.88 Å². The maximum atomic E-state index is 10.3. The third-order valence-corrected chi connectivity index (χ3v) is 3.41. The predicted octanol–water partition coefficient (Wildman–Crippen LogP) is 2.26. The summed E-state index contributed by atoms with van der Waals surface area (Å²) in [4.78, 5) is 6.12. The van der Waals surface area contributed by atoms with Gasteiger partial charge in [-0.3, -0.25) is 9.88 Å². The monoisotopic (exact) mass is 306 g/mol. The molecule has 2 aromatic rings. The van der Waals surface area contributed by atoms with E-state index in [1.165, 1.54) is 6.20 Å². The van der Waals surface area contributed by atoms with Gasteiger partial charge in [-0.2, -0.15) is 0 Å². The number of pyridine rings is 1. The standard InChI is InChI=1S/C16H19ClN2O2/c17-14-6-7-15(18-10-14)16(21)12-19(8-9-20)11-13-4-2-1-3-5-13/h1-7,10,16,20-21H,8-9,11-12H2. The Bertz CT molecular complexity index is 534. The minimum absolute atomic E-state index is 0.0492. The van der Waals surface area contributed by atoms with Gasteiger partial charge < -0.3 is 10.2 Å². The fourth-order valence-electron chi connectivity index (χ4n) is 2.14. The van der Waals surface area contributed by atoms with Crippen LogP contribution >= 0.6 is 11.6 Å². The van der Waals surface area contributed by atoms with Crippen LogP contribution in [0.5, 0.6) is 0 Å². The molecule has 1 aromatic heterocycles. The summed E-state index contributed by atoms with van der Waals surface area (Å²) in [6.45, 7) is 1.63. The lowest BCUT2D eigenvalue weighted by Gasteiger charge is -2.24. The van der Waals surface area contributed by atoms with Crippen LogP contribution in [0.3, 0.4) is 0 Å². The molecule has 4 nitrogen and oxygen atoms in total. The van der Waals surface area contributed by atoms with Crippen molar-refractivity contribution < 1.29 is 10.2 Å². The second-order valence-corrected chi connectivity index (χ2v) is 5.30. The number of aromatic nitrogens is 1. The van der Waals surface area contributed by atoms with E-state index in [1.54, 1.807) is 12.1 Å². The molecule has 0 fully saturated rings. The van der Waals surface area contributed by atoms with Gasteiger partial charge in [0.05, 0.1) is 17.3 Å². The Labute approximate surface area is 129 Å². The fourth-order valence-corrected chi connectivity index (χ4v) is 2.25. The lowest BCUT2D eigenvalue weighted by molar-refractivity contribution is 0.0930. The van der Waals surface area contributed by atoms with Gasteiger partial charge in [0.25, 0.3) is 0 Å². The van der Waals surface area contributed by atoms with Gasteiger partial charge in [0.15, 0.2) is 0 Å². The van der Waals surface area contributed by atoms with Gasteiger partial charge in [-0.1, -0.05) is 41.9 Å². The molecule has 0 radical (unpaired) electrons. The van der Waals surface area contributed by atoms with E-state index in [9.17, 15) is 10.2 Å². The van der Waals surface area contributed by atoms with Crippen LogP contribution in [-0.4, -0.2) is 39.8 Å². The summed E-state index contributed by atoms with van der Waals surface area (Å²) >= 11 is 5.79. The zero-order valence-electron chi connectivity index (χ0n) is 11.7. The Hall–Kier alpha value is -1.46. The number of hydrogen-bond donors (Lipinski definition) is 2. The largest absolute Gasteiger partial charge is 0.395 e. The van der Waals surface area contributed by atoms with Crippen LogP contribution in [0.1, 0.15) is 17.4 Å². The van der Waals surface area contributed by atoms with Gasteiger partial charge in [0.1, 0.15) is 6.10 Å². The maximum absolute atomic E-state index is 10.3. The quantitative estimate of drug-likeness (QED) is 0.824. The van der Waals surface area contributed by atoms with Crippen LogP contribution in [-0.2, 0) is 6.54 Å². The minimum atomic E-state index is -0.711. The highest BCUT2D eigenvalue weighted by atomic mass is 35.5. The van der Waals surface area contributed by atoms with Crippen LogP contribution in [0.4, 0.5) is 0 Å². The Morgan fingerprint density at radius 2 is 1.90 bits per heavy atom. The third kappa shape index (κ3) is 5.10. The number of hydrogen-bond acceptors (Lipinski definition) is 4. The Kier molecular flexibility index (Phi) is 6.14. The molecule has 0 saturated heterocycles. The first-order valence-electron chi connectivity index (χ1n) is 6.85. The summed E-state index contributed by atoms with van der Waals surface area (Å²) in [7, 11) is 0. The van der Waals surface area contributed by atoms with E-state index in [4.69, 9.17) is 11.6 Å². The summed E-state index contributed by atoms with van der Waals surface area (Å²) < 4.78 is 0. The van der Waals surface area contributed by atoms with E-state index in [0.717, 1.165) is 5.56 Å². The van der Waals surface area contributed by atoms with Crippen LogP contribution in [0, 0.1) is 0 Å². The molecule has 1 heterocycles. The molecule has 1 unspecified atom stereocenters. The van der Waals surface area contributed by atoms with E-state index < -0.39 is 6.10 Å². The topological polar surface area (TPSA) is 56.6 Å². The maximum Gasteiger partial charge on any atom is 0.109 e. The third-order valence-electron chi connectivity index (χ3n) is 3.19. The fraction of sp³-hybridized carbons (Fsp3) is 0.312. The van der Waals surface area contributed by atoms with Crippen LogP contribution in [0.15, 0.2) is 48.7 Å². The van der Waals surface area contributed by atoms with Crippen LogP contribution in [0.2, 0.25) is 5.02 Å². The molecule has 112 valence electrons. The molecular weight excluding hydrogens is 288 g/mol. The SMILES string of the molecule is OCCN(Cc1ccccc1)CC(O)c1ccc(Cl)cn1. The highest BCUT2D eigenvalue weighted by Gasteiger charge is 2.14. The van der Waals surface area contributed by atoms with Gasteiger partial charge in [-0.25, -0.2) is 0 Å². The van der Waals surface area contributed by atoms with Gasteiger partial charge in [0, 0.05) is 25.8 Å². The van der Waals surface area contributed by atoms with Gasteiger partial charge >= 0.3 is 0 Å². The molecule has 0 aliphatic carbocycles. The highest BCUT2D eigenvalue weighted by molar-refractivity contribution is 6.30. The van der Waals surface area contributed by atoms with E-state index in [1.807, 2.05) is 35.2 Å². The Morgan fingerprint density at radius 1 is 1.14 bits per heavy atom. The molecule has 2 N–H and O–H groups in total. The molecular formula is C16H19ClN2O2. The minimum Gasteiger partial charge on any atom is -0.395 e. The van der Waals surface area contributed by atoms with Crippen molar-refractivity contribution >= 4 is 11.6 Å². The van der Waals surface area contributed by atoms with E-state index in [2.05, 4.69) is 4.98 Å². The number of aliphatic hydroxyl groups is 2. The summed E-state index contributed by atoms with van der Waals surface area (Å²) in [5, 5.41) is 20.0. The van der Waals surface area contributed by atoms with Crippen molar-refractivity contribution in [3.05, 3.63) is 64.9 Å². The normalized spacial score (nSPS) is 12.6. The molecule has 0 aliphatic rings.